The van der Waals surface area contributed by atoms with Gasteiger partial charge in [-0.05, 0) is 67.9 Å². The van der Waals surface area contributed by atoms with Crippen molar-refractivity contribution in [2.24, 2.45) is 5.92 Å². The number of nitriles is 1. The molecule has 0 saturated heterocycles. The predicted octanol–water partition coefficient (Wildman–Crippen LogP) is 5.87. The molecular weight excluding hydrogens is 720 g/mol. The van der Waals surface area contributed by atoms with Crippen molar-refractivity contribution in [3.05, 3.63) is 136 Å². The van der Waals surface area contributed by atoms with Crippen LogP contribution in [0.1, 0.15) is 81.3 Å². The molecule has 0 radical (unpaired) electrons. The summed E-state index contributed by atoms with van der Waals surface area (Å²) < 4.78 is 0. The molecule has 5 rings (SSSR count). The van der Waals surface area contributed by atoms with Crippen LogP contribution in [0.4, 0.5) is 17.1 Å². The molecule has 3 amide bonds. The van der Waals surface area contributed by atoms with Crippen LogP contribution in [0.15, 0.2) is 91.5 Å². The minimum Gasteiger partial charge on any atom is -0.507 e. The Morgan fingerprint density at radius 3 is 1.82 bits per heavy atom. The molecule has 4 aromatic carbocycles. The van der Waals surface area contributed by atoms with E-state index in [1.807, 2.05) is 6.07 Å². The third kappa shape index (κ3) is 9.25. The van der Waals surface area contributed by atoms with E-state index in [4.69, 9.17) is 0 Å². The summed E-state index contributed by atoms with van der Waals surface area (Å²) in [4.78, 5) is 83.7. The normalized spacial score (nSPS) is 11.1. The summed E-state index contributed by atoms with van der Waals surface area (Å²) in [6.07, 6.45) is 3.80. The molecule has 282 valence electrons. The number of carbonyl (C=O) groups is 6. The van der Waals surface area contributed by atoms with Gasteiger partial charge in [-0.1, -0.05) is 24.3 Å². The molecule has 56 heavy (non-hydrogen) atoms. The van der Waals surface area contributed by atoms with E-state index in [-0.39, 0.29) is 70.0 Å². The number of aromatic hydroxyl groups is 2. The number of nitrogens with one attached hydrogen (secondary N) is 3. The summed E-state index contributed by atoms with van der Waals surface area (Å²) in [6, 6.07) is 19.3. The van der Waals surface area contributed by atoms with Crippen LogP contribution in [0.25, 0.3) is 0 Å². The monoisotopic (exact) mass is 754 g/mol. The van der Waals surface area contributed by atoms with Gasteiger partial charge in [0.2, 0.25) is 5.91 Å². The van der Waals surface area contributed by atoms with Crippen LogP contribution in [0.5, 0.6) is 11.5 Å². The molecule has 0 spiro atoms. The molecule has 15 heteroatoms. The Labute approximate surface area is 319 Å². The number of aromatic nitrogens is 2. The van der Waals surface area contributed by atoms with Crippen LogP contribution < -0.4 is 16.0 Å². The van der Waals surface area contributed by atoms with Gasteiger partial charge >= 0.3 is 5.97 Å². The van der Waals surface area contributed by atoms with Crippen molar-refractivity contribution in [3.8, 4) is 17.6 Å². The zero-order chi connectivity index (χ0) is 40.5. The smallest absolute Gasteiger partial charge is 0.339 e. The van der Waals surface area contributed by atoms with E-state index in [0.29, 0.717) is 22.4 Å². The van der Waals surface area contributed by atoms with Crippen LogP contribution in [0, 0.1) is 31.1 Å². The van der Waals surface area contributed by atoms with Crippen molar-refractivity contribution < 1.29 is 44.1 Å². The molecular formula is C41H34N6O9. The first-order valence-corrected chi connectivity index (χ1v) is 17.0. The van der Waals surface area contributed by atoms with Crippen LogP contribution >= 0.6 is 0 Å². The number of benzene rings is 4. The second-order valence-corrected chi connectivity index (χ2v) is 12.7. The van der Waals surface area contributed by atoms with Gasteiger partial charge in [0.25, 0.3) is 11.8 Å². The van der Waals surface area contributed by atoms with E-state index in [9.17, 15) is 49.3 Å². The van der Waals surface area contributed by atoms with Gasteiger partial charge in [-0.15, -0.1) is 0 Å². The fourth-order valence-corrected chi connectivity index (χ4v) is 5.61. The number of aromatic carboxylic acids is 1. The molecule has 0 aliphatic carbocycles. The van der Waals surface area contributed by atoms with Crippen molar-refractivity contribution in [1.82, 2.24) is 9.97 Å². The van der Waals surface area contributed by atoms with Gasteiger partial charge in [-0.2, -0.15) is 5.26 Å². The molecule has 5 aromatic rings. The molecule has 15 nitrogen and oxygen atoms in total. The lowest BCUT2D eigenvalue weighted by atomic mass is 9.94. The molecule has 0 aliphatic heterocycles. The molecule has 1 heterocycles. The predicted molar refractivity (Wildman–Crippen MR) is 203 cm³/mol. The molecule has 0 fully saturated rings. The van der Waals surface area contributed by atoms with Gasteiger partial charge in [0.05, 0.1) is 23.1 Å². The molecule has 0 aliphatic rings. The summed E-state index contributed by atoms with van der Waals surface area (Å²) in [5.41, 5.74) is 2.02. The Bertz CT molecular complexity index is 2390. The maximum absolute atomic E-state index is 13.1. The number of Topliss-reactive ketones (excluding diaryl/α,β-unsaturated/α-hetero) is 2. The number of phenolic OH excluding ortho intramolecular Hbond substituents is 1. The average molecular weight is 755 g/mol. The number of hydrogen-bond donors (Lipinski definition) is 6. The highest BCUT2D eigenvalue weighted by atomic mass is 16.4. The van der Waals surface area contributed by atoms with Gasteiger partial charge in [0.1, 0.15) is 23.4 Å². The number of ketones is 2. The molecule has 1 aromatic heterocycles. The number of anilines is 3. The maximum Gasteiger partial charge on any atom is 0.339 e. The first-order chi connectivity index (χ1) is 26.8. The fraction of sp³-hybridized carbons (Fsp3) is 0.146. The fourth-order valence-electron chi connectivity index (χ4n) is 5.61. The van der Waals surface area contributed by atoms with E-state index < -0.39 is 41.1 Å². The van der Waals surface area contributed by atoms with E-state index in [2.05, 4.69) is 25.9 Å². The largest absolute Gasteiger partial charge is 0.507 e. The zero-order valence-electron chi connectivity index (χ0n) is 30.0. The SMILES string of the molecule is Cc1c(NC(=O)c2ccc(NC(=O)c3ccc(NC(=O)C(CC#N)CC(=O)c4ccc(CC(=O)c5cncnc5)cc4)cc3)c(C)c2O)ccc(C(=O)O)c1O. The summed E-state index contributed by atoms with van der Waals surface area (Å²) in [5, 5.41) is 47.4. The van der Waals surface area contributed by atoms with Gasteiger partial charge in [0.15, 0.2) is 11.6 Å². The van der Waals surface area contributed by atoms with Crippen LogP contribution in [-0.4, -0.2) is 60.5 Å². The second-order valence-electron chi connectivity index (χ2n) is 12.7. The van der Waals surface area contributed by atoms with Crippen LogP contribution in [0.3, 0.4) is 0 Å². The lowest BCUT2D eigenvalue weighted by Gasteiger charge is -2.15. The molecule has 1 unspecified atom stereocenters. The third-order valence-electron chi connectivity index (χ3n) is 8.91. The van der Waals surface area contributed by atoms with E-state index in [1.54, 1.807) is 24.3 Å². The number of rotatable bonds is 14. The Morgan fingerprint density at radius 2 is 1.23 bits per heavy atom. The number of hydrogen-bond acceptors (Lipinski definition) is 11. The Kier molecular flexibility index (Phi) is 12.3. The van der Waals surface area contributed by atoms with Crippen LogP contribution in [0.2, 0.25) is 0 Å². The van der Waals surface area contributed by atoms with Crippen molar-refractivity contribution in [2.75, 3.05) is 16.0 Å². The Hall–Kier alpha value is -7.73. The van der Waals surface area contributed by atoms with Crippen molar-refractivity contribution in [3.63, 3.8) is 0 Å². The lowest BCUT2D eigenvalue weighted by Crippen LogP contribution is -2.25. The quantitative estimate of drug-likeness (QED) is 0.0728. The Balaban J connectivity index is 1.17. The highest BCUT2D eigenvalue weighted by Crippen LogP contribution is 2.32. The summed E-state index contributed by atoms with van der Waals surface area (Å²) in [6.45, 7) is 2.91. The van der Waals surface area contributed by atoms with Gasteiger partial charge in [0, 0.05) is 71.0 Å². The molecule has 6 N–H and O–H groups in total. The van der Waals surface area contributed by atoms with Crippen molar-refractivity contribution in [2.45, 2.75) is 33.1 Å². The maximum atomic E-state index is 13.1. The standard InChI is InChI=1S/C41H34N6O9/c1-22-32(13-11-30(36(22)50)40(54)47-33-14-12-31(41(55)56)37(51)23(33)2)46-38(52)26-7-9-29(10-8-26)45-39(53)27(15-16-42)18-35(49)25-5-3-24(4-6-25)17-34(48)28-19-43-21-44-20-28/h3-14,19-21,27,50-51H,15,17-18H2,1-2H3,(H,45,53)(H,46,52)(H,47,54)(H,55,56). The van der Waals surface area contributed by atoms with Gasteiger partial charge in [-0.25, -0.2) is 14.8 Å². The van der Waals surface area contributed by atoms with Gasteiger partial charge < -0.3 is 31.3 Å². The van der Waals surface area contributed by atoms with Crippen molar-refractivity contribution in [1.29, 1.82) is 5.26 Å². The molecule has 0 saturated carbocycles. The van der Waals surface area contributed by atoms with Crippen LogP contribution in [-0.2, 0) is 11.2 Å². The Morgan fingerprint density at radius 1 is 0.679 bits per heavy atom. The number of carboxylic acids is 1. The summed E-state index contributed by atoms with van der Waals surface area (Å²) >= 11 is 0. The summed E-state index contributed by atoms with van der Waals surface area (Å²) in [5.74, 6) is -5.65. The zero-order valence-corrected chi connectivity index (χ0v) is 30.0. The first-order valence-electron chi connectivity index (χ1n) is 17.0. The second kappa shape index (κ2) is 17.4. The third-order valence-corrected chi connectivity index (χ3v) is 8.91. The van der Waals surface area contributed by atoms with E-state index in [1.165, 1.54) is 75.0 Å². The first kappa shape index (κ1) is 39.5. The average Bonchev–Trinajstić information content (AvgIpc) is 3.19. The number of carbonyl (C=O) groups excluding carboxylic acids is 5. The van der Waals surface area contributed by atoms with Crippen molar-refractivity contribution >= 4 is 52.3 Å². The summed E-state index contributed by atoms with van der Waals surface area (Å²) in [7, 11) is 0. The highest BCUT2D eigenvalue weighted by molar-refractivity contribution is 6.09. The topological polar surface area (TPSA) is 249 Å². The lowest BCUT2D eigenvalue weighted by molar-refractivity contribution is -0.119. The number of phenols is 2. The number of carboxylic acid groups (broad SMARTS) is 1. The number of nitrogens with zero attached hydrogens (tertiary/aromatic N) is 3. The minimum atomic E-state index is -1.34. The van der Waals surface area contributed by atoms with E-state index >= 15 is 0 Å². The number of amides is 3. The minimum absolute atomic E-state index is 0.0861. The molecule has 1 atom stereocenters. The highest BCUT2D eigenvalue weighted by Gasteiger charge is 2.24. The van der Waals surface area contributed by atoms with Gasteiger partial charge in [-0.3, -0.25) is 24.0 Å². The van der Waals surface area contributed by atoms with E-state index in [0.717, 1.165) is 6.07 Å². The molecule has 0 bridgehead atoms.